The Morgan fingerprint density at radius 1 is 1.11 bits per heavy atom. The van der Waals surface area contributed by atoms with E-state index in [2.05, 4.69) is 36.5 Å². The van der Waals surface area contributed by atoms with Gasteiger partial charge >= 0.3 is 5.97 Å². The summed E-state index contributed by atoms with van der Waals surface area (Å²) >= 11 is 0. The number of carboxylic acid groups (broad SMARTS) is 1. The maximum Gasteiger partial charge on any atom is 0.335 e. The molecule has 2 aromatic rings. The van der Waals surface area contributed by atoms with E-state index in [0.717, 1.165) is 11.3 Å². The van der Waals surface area contributed by atoms with Gasteiger partial charge in [0, 0.05) is 12.2 Å². The van der Waals surface area contributed by atoms with Crippen LogP contribution in [0, 0.1) is 13.8 Å². The molecule has 0 aliphatic rings. The Labute approximate surface area is 112 Å². The molecule has 0 radical (unpaired) electrons. The van der Waals surface area contributed by atoms with Crippen LogP contribution in [0.4, 0.5) is 5.69 Å². The maximum atomic E-state index is 10.9. The van der Waals surface area contributed by atoms with E-state index in [0.29, 0.717) is 12.1 Å². The topological polar surface area (TPSA) is 49.3 Å². The maximum absolute atomic E-state index is 10.9. The lowest BCUT2D eigenvalue weighted by Crippen LogP contribution is -2.03. The lowest BCUT2D eigenvalue weighted by Gasteiger charge is -2.10. The van der Waals surface area contributed by atoms with Crippen LogP contribution in [0.5, 0.6) is 0 Å². The van der Waals surface area contributed by atoms with Gasteiger partial charge in [0.1, 0.15) is 0 Å². The van der Waals surface area contributed by atoms with Crippen molar-refractivity contribution in [2.45, 2.75) is 20.4 Å². The molecule has 0 aromatic heterocycles. The molecule has 0 saturated heterocycles. The fourth-order valence-corrected chi connectivity index (χ4v) is 1.85. The quantitative estimate of drug-likeness (QED) is 0.877. The van der Waals surface area contributed by atoms with Gasteiger partial charge in [0.2, 0.25) is 0 Å². The highest BCUT2D eigenvalue weighted by atomic mass is 16.4. The summed E-state index contributed by atoms with van der Waals surface area (Å²) in [6, 6.07) is 13.4. The highest BCUT2D eigenvalue weighted by Gasteiger charge is 2.05. The molecule has 2 N–H and O–H groups in total. The number of aryl methyl sites for hydroxylation is 2. The predicted octanol–water partition coefficient (Wildman–Crippen LogP) is 3.61. The largest absolute Gasteiger partial charge is 0.478 e. The summed E-state index contributed by atoms with van der Waals surface area (Å²) in [7, 11) is 0. The second-order valence-electron chi connectivity index (χ2n) is 4.67. The molecule has 0 atom stereocenters. The van der Waals surface area contributed by atoms with E-state index in [1.165, 1.54) is 11.1 Å². The van der Waals surface area contributed by atoms with Crippen molar-refractivity contribution in [3.8, 4) is 0 Å². The van der Waals surface area contributed by atoms with Gasteiger partial charge in [-0.2, -0.15) is 0 Å². The number of nitrogens with one attached hydrogen (secondary N) is 1. The molecule has 0 aliphatic heterocycles. The summed E-state index contributed by atoms with van der Waals surface area (Å²) in [5.74, 6) is -0.904. The first-order chi connectivity index (χ1) is 9.06. The number of carbonyl (C=O) groups is 1. The Bertz CT molecular complexity index is 588. The van der Waals surface area contributed by atoms with Gasteiger partial charge in [-0.15, -0.1) is 0 Å². The van der Waals surface area contributed by atoms with Crippen molar-refractivity contribution in [1.29, 1.82) is 0 Å². The standard InChI is InChI=1S/C16H17NO2/c1-11-3-6-13(7-4-11)10-17-15-9-14(16(18)19)8-5-12(15)2/h3-9,17H,10H2,1-2H3,(H,18,19). The summed E-state index contributed by atoms with van der Waals surface area (Å²) < 4.78 is 0. The van der Waals surface area contributed by atoms with E-state index < -0.39 is 5.97 Å². The first-order valence-electron chi connectivity index (χ1n) is 6.19. The summed E-state index contributed by atoms with van der Waals surface area (Å²) in [4.78, 5) is 10.9. The van der Waals surface area contributed by atoms with E-state index >= 15 is 0 Å². The van der Waals surface area contributed by atoms with Crippen molar-refractivity contribution < 1.29 is 9.90 Å². The summed E-state index contributed by atoms with van der Waals surface area (Å²) in [6.45, 7) is 4.70. The Morgan fingerprint density at radius 3 is 2.42 bits per heavy atom. The van der Waals surface area contributed by atoms with Crippen LogP contribution < -0.4 is 5.32 Å². The van der Waals surface area contributed by atoms with Gasteiger partial charge in [0.05, 0.1) is 5.56 Å². The second kappa shape index (κ2) is 5.57. The zero-order valence-electron chi connectivity index (χ0n) is 11.1. The van der Waals surface area contributed by atoms with Crippen molar-refractivity contribution in [3.05, 3.63) is 64.7 Å². The zero-order valence-corrected chi connectivity index (χ0v) is 11.1. The van der Waals surface area contributed by atoms with Crippen LogP contribution >= 0.6 is 0 Å². The molecule has 0 bridgehead atoms. The molecule has 2 rings (SSSR count). The van der Waals surface area contributed by atoms with Crippen LogP contribution in [-0.2, 0) is 6.54 Å². The average molecular weight is 255 g/mol. The average Bonchev–Trinajstić information content (AvgIpc) is 2.39. The Morgan fingerprint density at radius 2 is 1.79 bits per heavy atom. The van der Waals surface area contributed by atoms with Gasteiger partial charge in [-0.3, -0.25) is 0 Å². The molecule has 0 fully saturated rings. The molecular weight excluding hydrogens is 238 g/mol. The number of hydrogen-bond donors (Lipinski definition) is 2. The summed E-state index contributed by atoms with van der Waals surface area (Å²) in [5.41, 5.74) is 4.60. The SMILES string of the molecule is Cc1ccc(CNc2cc(C(=O)O)ccc2C)cc1. The van der Waals surface area contributed by atoms with Crippen molar-refractivity contribution >= 4 is 11.7 Å². The minimum absolute atomic E-state index is 0.303. The fourth-order valence-electron chi connectivity index (χ4n) is 1.85. The fraction of sp³-hybridized carbons (Fsp3) is 0.188. The molecule has 98 valence electrons. The number of benzene rings is 2. The molecule has 0 heterocycles. The molecule has 0 unspecified atom stereocenters. The molecule has 3 nitrogen and oxygen atoms in total. The smallest absolute Gasteiger partial charge is 0.335 e. The number of hydrogen-bond acceptors (Lipinski definition) is 2. The van der Waals surface area contributed by atoms with Gasteiger partial charge in [-0.1, -0.05) is 35.9 Å². The van der Waals surface area contributed by atoms with E-state index in [9.17, 15) is 4.79 Å². The first-order valence-corrected chi connectivity index (χ1v) is 6.19. The van der Waals surface area contributed by atoms with E-state index in [-0.39, 0.29) is 0 Å². The molecule has 0 spiro atoms. The molecule has 0 saturated carbocycles. The summed E-state index contributed by atoms with van der Waals surface area (Å²) in [5, 5.41) is 12.3. The molecule has 0 amide bonds. The highest BCUT2D eigenvalue weighted by Crippen LogP contribution is 2.18. The third-order valence-corrected chi connectivity index (χ3v) is 3.09. The van der Waals surface area contributed by atoms with Gasteiger partial charge in [0.15, 0.2) is 0 Å². The third kappa shape index (κ3) is 3.35. The lowest BCUT2D eigenvalue weighted by molar-refractivity contribution is 0.0697. The van der Waals surface area contributed by atoms with Gasteiger partial charge in [-0.05, 0) is 37.1 Å². The molecule has 19 heavy (non-hydrogen) atoms. The first kappa shape index (κ1) is 13.1. The lowest BCUT2D eigenvalue weighted by atomic mass is 10.1. The van der Waals surface area contributed by atoms with Crippen LogP contribution in [0.3, 0.4) is 0 Å². The van der Waals surface area contributed by atoms with Crippen LogP contribution in [0.2, 0.25) is 0 Å². The predicted molar refractivity (Wildman–Crippen MR) is 76.6 cm³/mol. The third-order valence-electron chi connectivity index (χ3n) is 3.09. The van der Waals surface area contributed by atoms with E-state index in [1.54, 1.807) is 12.1 Å². The van der Waals surface area contributed by atoms with Crippen LogP contribution in [-0.4, -0.2) is 11.1 Å². The highest BCUT2D eigenvalue weighted by molar-refractivity contribution is 5.89. The van der Waals surface area contributed by atoms with Crippen LogP contribution in [0.1, 0.15) is 27.0 Å². The van der Waals surface area contributed by atoms with Gasteiger partial charge < -0.3 is 10.4 Å². The minimum atomic E-state index is -0.904. The Hall–Kier alpha value is -2.29. The van der Waals surface area contributed by atoms with Crippen LogP contribution in [0.25, 0.3) is 0 Å². The number of anilines is 1. The monoisotopic (exact) mass is 255 g/mol. The normalized spacial score (nSPS) is 10.2. The number of carboxylic acids is 1. The van der Waals surface area contributed by atoms with Crippen molar-refractivity contribution in [3.63, 3.8) is 0 Å². The second-order valence-corrected chi connectivity index (χ2v) is 4.67. The number of aromatic carboxylic acids is 1. The van der Waals surface area contributed by atoms with Gasteiger partial charge in [-0.25, -0.2) is 4.79 Å². The molecule has 2 aromatic carbocycles. The Kier molecular flexibility index (Phi) is 3.85. The van der Waals surface area contributed by atoms with Crippen molar-refractivity contribution in [2.75, 3.05) is 5.32 Å². The van der Waals surface area contributed by atoms with Crippen molar-refractivity contribution in [1.82, 2.24) is 0 Å². The minimum Gasteiger partial charge on any atom is -0.478 e. The molecular formula is C16H17NO2. The van der Waals surface area contributed by atoms with Crippen LogP contribution in [0.15, 0.2) is 42.5 Å². The van der Waals surface area contributed by atoms with Crippen molar-refractivity contribution in [2.24, 2.45) is 0 Å². The Balaban J connectivity index is 2.12. The molecule has 3 heteroatoms. The number of rotatable bonds is 4. The van der Waals surface area contributed by atoms with Gasteiger partial charge in [0.25, 0.3) is 0 Å². The van der Waals surface area contributed by atoms with E-state index in [1.807, 2.05) is 13.0 Å². The zero-order chi connectivity index (χ0) is 13.8. The molecule has 0 aliphatic carbocycles. The summed E-state index contributed by atoms with van der Waals surface area (Å²) in [6.07, 6.45) is 0. The van der Waals surface area contributed by atoms with E-state index in [4.69, 9.17) is 5.11 Å².